The smallest absolute Gasteiger partial charge is 0.238 e. The number of benzene rings is 11. The van der Waals surface area contributed by atoms with Gasteiger partial charge in [0.05, 0.1) is 11.0 Å². The molecule has 306 valence electrons. The molecule has 0 aliphatic carbocycles. The molecule has 0 amide bonds. The second-order valence-electron chi connectivity index (χ2n) is 17.1. The average molecular weight is 841 g/mol. The number of aromatic nitrogens is 4. The molecule has 11 aromatic carbocycles. The van der Waals surface area contributed by atoms with Gasteiger partial charge >= 0.3 is 0 Å². The summed E-state index contributed by atoms with van der Waals surface area (Å²) >= 11 is 0. The lowest BCUT2D eigenvalue weighted by Crippen LogP contribution is -2.07. The van der Waals surface area contributed by atoms with Gasteiger partial charge in [-0.1, -0.05) is 200 Å². The number of fused-ring (bicyclic) bond motifs is 13. The van der Waals surface area contributed by atoms with Crippen molar-refractivity contribution in [2.75, 3.05) is 0 Å². The van der Waals surface area contributed by atoms with Gasteiger partial charge in [-0.2, -0.15) is 9.97 Å². The van der Waals surface area contributed by atoms with Crippen molar-refractivity contribution in [3.8, 4) is 51.0 Å². The Hall–Kier alpha value is -8.93. The summed E-state index contributed by atoms with van der Waals surface area (Å²) in [4.78, 5) is 16.4. The highest BCUT2D eigenvalue weighted by atomic mass is 16.3. The van der Waals surface area contributed by atoms with Gasteiger partial charge in [0.25, 0.3) is 0 Å². The third-order valence-electron chi connectivity index (χ3n) is 13.4. The Labute approximate surface area is 378 Å². The molecule has 14 aromatic rings. The van der Waals surface area contributed by atoms with Crippen LogP contribution in [0, 0.1) is 0 Å². The van der Waals surface area contributed by atoms with Crippen LogP contribution in [0.1, 0.15) is 0 Å². The number of rotatable bonds is 5. The van der Waals surface area contributed by atoms with Crippen LogP contribution in [-0.4, -0.2) is 19.5 Å². The number of nitrogens with zero attached hydrogens (tertiary/aromatic N) is 4. The van der Waals surface area contributed by atoms with Crippen LogP contribution in [0.5, 0.6) is 0 Å². The minimum absolute atomic E-state index is 0.532. The van der Waals surface area contributed by atoms with Crippen molar-refractivity contribution in [1.82, 2.24) is 19.5 Å². The fraction of sp³-hybridized carbons (Fsp3) is 0. The third-order valence-corrected chi connectivity index (χ3v) is 13.4. The summed E-state index contributed by atoms with van der Waals surface area (Å²) in [5.74, 6) is 1.71. The molecule has 3 heterocycles. The van der Waals surface area contributed by atoms with Gasteiger partial charge in [-0.15, -0.1) is 0 Å². The highest BCUT2D eigenvalue weighted by Crippen LogP contribution is 2.48. The maximum Gasteiger partial charge on any atom is 0.238 e. The van der Waals surface area contributed by atoms with Crippen molar-refractivity contribution in [3.63, 3.8) is 0 Å². The van der Waals surface area contributed by atoms with Crippen LogP contribution in [0.15, 0.2) is 223 Å². The van der Waals surface area contributed by atoms with E-state index in [0.717, 1.165) is 109 Å². The van der Waals surface area contributed by atoms with Crippen LogP contribution < -0.4 is 0 Å². The number of hydrogen-bond acceptors (Lipinski definition) is 4. The molecule has 3 aromatic heterocycles. The average Bonchev–Trinajstić information content (AvgIpc) is 3.95. The maximum atomic E-state index is 6.94. The van der Waals surface area contributed by atoms with E-state index in [-0.39, 0.29) is 0 Å². The molecule has 0 spiro atoms. The molecule has 0 saturated heterocycles. The van der Waals surface area contributed by atoms with Gasteiger partial charge in [0, 0.05) is 49.2 Å². The molecule has 0 atom stereocenters. The number of furan rings is 1. The molecular formula is C61H36N4O. The Morgan fingerprint density at radius 1 is 0.333 bits per heavy atom. The summed E-state index contributed by atoms with van der Waals surface area (Å²) in [6.07, 6.45) is 0. The van der Waals surface area contributed by atoms with Crippen LogP contribution in [0.4, 0.5) is 0 Å². The Morgan fingerprint density at radius 2 is 0.909 bits per heavy atom. The second-order valence-corrected chi connectivity index (χ2v) is 17.1. The Balaban J connectivity index is 1.15. The van der Waals surface area contributed by atoms with E-state index in [1.54, 1.807) is 0 Å². The lowest BCUT2D eigenvalue weighted by molar-refractivity contribution is 0.670. The normalized spacial score (nSPS) is 11.9. The summed E-state index contributed by atoms with van der Waals surface area (Å²) in [6.45, 7) is 0. The summed E-state index contributed by atoms with van der Waals surface area (Å²) in [6, 6.07) is 77.4. The second kappa shape index (κ2) is 14.3. The summed E-state index contributed by atoms with van der Waals surface area (Å²) in [5, 5.41) is 13.6. The number of hydrogen-bond donors (Lipinski definition) is 0. The molecule has 0 radical (unpaired) electrons. The first-order valence-electron chi connectivity index (χ1n) is 22.3. The fourth-order valence-electron chi connectivity index (χ4n) is 10.4. The monoisotopic (exact) mass is 840 g/mol. The zero-order valence-electron chi connectivity index (χ0n) is 35.5. The largest absolute Gasteiger partial charge is 0.455 e. The minimum Gasteiger partial charge on any atom is -0.455 e. The molecule has 5 heteroatoms. The molecule has 0 aliphatic rings. The molecular weight excluding hydrogens is 805 g/mol. The standard InChI is InChI=1S/C61H36N4O/c1-2-15-37(16-3-1)39-29-32-40(33-30-39)59-62-60(43-34-31-38-17-4-5-18-41(38)35-43)64-61(63-59)65-56-50(54-48-24-10-8-21-45(48)46-22-9-11-25-49(46)57(54)65)26-14-27-51(56)55-44-20-7-6-19-42(44)36-52-47-23-12-13-28-53(47)66-58(52)55/h1-36H. The van der Waals surface area contributed by atoms with Gasteiger partial charge in [0.1, 0.15) is 11.2 Å². The van der Waals surface area contributed by atoms with Gasteiger partial charge in [-0.25, -0.2) is 4.98 Å². The van der Waals surface area contributed by atoms with E-state index in [0.29, 0.717) is 17.6 Å². The predicted molar refractivity (Wildman–Crippen MR) is 273 cm³/mol. The van der Waals surface area contributed by atoms with Crippen LogP contribution in [0.3, 0.4) is 0 Å². The molecule has 0 aliphatic heterocycles. The SMILES string of the molecule is c1ccc(-c2ccc(-c3nc(-c4ccc5ccccc5c4)nc(-n4c5c(-c6c7ccccc7cc7c6oc6ccccc67)cccc5c5c6ccccc6c6ccccc6c54)n3)cc2)cc1. The molecule has 0 fully saturated rings. The maximum absolute atomic E-state index is 6.94. The molecule has 0 saturated carbocycles. The number of para-hydroxylation sites is 2. The lowest BCUT2D eigenvalue weighted by atomic mass is 9.93. The van der Waals surface area contributed by atoms with Gasteiger partial charge in [0.15, 0.2) is 11.6 Å². The quantitative estimate of drug-likeness (QED) is 0.162. The summed E-state index contributed by atoms with van der Waals surface area (Å²) < 4.78 is 9.25. The molecule has 5 nitrogen and oxygen atoms in total. The van der Waals surface area contributed by atoms with E-state index in [9.17, 15) is 0 Å². The first-order valence-corrected chi connectivity index (χ1v) is 22.3. The fourth-order valence-corrected chi connectivity index (χ4v) is 10.4. The Kier molecular flexibility index (Phi) is 7.91. The van der Waals surface area contributed by atoms with Crippen molar-refractivity contribution >= 4 is 86.8 Å². The van der Waals surface area contributed by atoms with E-state index in [2.05, 4.69) is 211 Å². The van der Waals surface area contributed by atoms with Crippen molar-refractivity contribution in [1.29, 1.82) is 0 Å². The van der Waals surface area contributed by atoms with Gasteiger partial charge < -0.3 is 4.42 Å². The highest BCUT2D eigenvalue weighted by molar-refractivity contribution is 6.34. The van der Waals surface area contributed by atoms with E-state index < -0.39 is 0 Å². The van der Waals surface area contributed by atoms with Gasteiger partial charge in [-0.05, 0) is 67.0 Å². The van der Waals surface area contributed by atoms with Crippen LogP contribution in [0.25, 0.3) is 138 Å². The topological polar surface area (TPSA) is 56.7 Å². The third kappa shape index (κ3) is 5.50. The van der Waals surface area contributed by atoms with E-state index >= 15 is 0 Å². The minimum atomic E-state index is 0.532. The molecule has 0 unspecified atom stereocenters. The van der Waals surface area contributed by atoms with Gasteiger partial charge in [-0.3, -0.25) is 4.57 Å². The van der Waals surface area contributed by atoms with Crippen molar-refractivity contribution in [2.45, 2.75) is 0 Å². The van der Waals surface area contributed by atoms with E-state index in [1.165, 1.54) is 10.8 Å². The van der Waals surface area contributed by atoms with Crippen molar-refractivity contribution in [3.05, 3.63) is 218 Å². The van der Waals surface area contributed by atoms with Crippen LogP contribution in [0.2, 0.25) is 0 Å². The van der Waals surface area contributed by atoms with Crippen LogP contribution in [-0.2, 0) is 0 Å². The molecule has 0 bridgehead atoms. The van der Waals surface area contributed by atoms with E-state index in [1.807, 2.05) is 12.1 Å². The summed E-state index contributed by atoms with van der Waals surface area (Å²) in [5.41, 5.74) is 9.88. The highest BCUT2D eigenvalue weighted by Gasteiger charge is 2.26. The van der Waals surface area contributed by atoms with Crippen molar-refractivity contribution < 1.29 is 4.42 Å². The van der Waals surface area contributed by atoms with Crippen LogP contribution >= 0.6 is 0 Å². The Bertz CT molecular complexity index is 4280. The molecule has 0 N–H and O–H groups in total. The zero-order valence-corrected chi connectivity index (χ0v) is 35.5. The lowest BCUT2D eigenvalue weighted by Gasteiger charge is -2.15. The van der Waals surface area contributed by atoms with Crippen molar-refractivity contribution in [2.24, 2.45) is 0 Å². The summed E-state index contributed by atoms with van der Waals surface area (Å²) in [7, 11) is 0. The molecule has 14 rings (SSSR count). The first-order chi connectivity index (χ1) is 32.7. The van der Waals surface area contributed by atoms with E-state index in [4.69, 9.17) is 19.4 Å². The molecule has 66 heavy (non-hydrogen) atoms. The van der Waals surface area contributed by atoms with Gasteiger partial charge in [0.2, 0.25) is 5.95 Å². The zero-order chi connectivity index (χ0) is 43.3. The first kappa shape index (κ1) is 36.5. The Morgan fingerprint density at radius 3 is 1.71 bits per heavy atom. The predicted octanol–water partition coefficient (Wildman–Crippen LogP) is 16.1.